The van der Waals surface area contributed by atoms with Crippen molar-refractivity contribution in [3.63, 3.8) is 0 Å². The van der Waals surface area contributed by atoms with Gasteiger partial charge in [0.2, 0.25) is 0 Å². The predicted molar refractivity (Wildman–Crippen MR) is 65.7 cm³/mol. The fourth-order valence-electron chi connectivity index (χ4n) is 1.71. The average molecular weight is 268 g/mol. The average Bonchev–Trinajstić information content (AvgIpc) is 2.34. The molecule has 0 amide bonds. The monoisotopic (exact) mass is 268 g/mol. The molecule has 0 unspecified atom stereocenters. The van der Waals surface area contributed by atoms with Crippen molar-refractivity contribution in [1.82, 2.24) is 4.57 Å². The van der Waals surface area contributed by atoms with E-state index in [9.17, 15) is 18.0 Å². The quantitative estimate of drug-likeness (QED) is 0.909. The molecule has 0 spiro atoms. The molecule has 100 valence electrons. The molecule has 0 radical (unpaired) electrons. The number of hydrogen-bond acceptors (Lipinski definition) is 2. The molecule has 2 aromatic rings. The molecule has 19 heavy (non-hydrogen) atoms. The van der Waals surface area contributed by atoms with Crippen molar-refractivity contribution in [2.24, 2.45) is 0 Å². The summed E-state index contributed by atoms with van der Waals surface area (Å²) >= 11 is 0. The number of anilines is 1. The van der Waals surface area contributed by atoms with Crippen LogP contribution in [0.3, 0.4) is 0 Å². The van der Waals surface area contributed by atoms with E-state index in [4.69, 9.17) is 5.73 Å². The molecule has 0 atom stereocenters. The van der Waals surface area contributed by atoms with Crippen LogP contribution in [-0.2, 0) is 12.7 Å². The number of nitrogens with two attached hydrogens (primary N) is 1. The van der Waals surface area contributed by atoms with Gasteiger partial charge < -0.3 is 10.3 Å². The minimum Gasteiger partial charge on any atom is -0.394 e. The Morgan fingerprint density at radius 1 is 1.16 bits per heavy atom. The number of benzene rings is 1. The highest BCUT2D eigenvalue weighted by atomic mass is 19.4. The summed E-state index contributed by atoms with van der Waals surface area (Å²) in [4.78, 5) is 11.7. The Morgan fingerprint density at radius 2 is 1.79 bits per heavy atom. The lowest BCUT2D eigenvalue weighted by Gasteiger charge is -2.12. The van der Waals surface area contributed by atoms with Gasteiger partial charge in [-0.2, -0.15) is 13.2 Å². The highest BCUT2D eigenvalue weighted by Crippen LogP contribution is 2.29. The molecule has 1 aromatic heterocycles. The van der Waals surface area contributed by atoms with Crippen LogP contribution in [0.5, 0.6) is 0 Å². The maximum absolute atomic E-state index is 12.6. The molecular formula is C13H11F3N2O. The summed E-state index contributed by atoms with van der Waals surface area (Å²) in [6, 6.07) is 9.39. The van der Waals surface area contributed by atoms with Gasteiger partial charge in [0.15, 0.2) is 0 Å². The minimum atomic E-state index is -4.53. The lowest BCUT2D eigenvalue weighted by atomic mass is 10.2. The van der Waals surface area contributed by atoms with E-state index in [1.54, 1.807) is 30.3 Å². The normalized spacial score (nSPS) is 11.5. The number of nitrogen functional groups attached to an aromatic ring is 1. The van der Waals surface area contributed by atoms with Crippen LogP contribution in [0.25, 0.3) is 0 Å². The molecule has 0 aliphatic carbocycles. The van der Waals surface area contributed by atoms with Gasteiger partial charge in [0.25, 0.3) is 5.56 Å². The molecule has 0 aliphatic rings. The number of alkyl halides is 3. The molecule has 0 saturated heterocycles. The topological polar surface area (TPSA) is 48.0 Å². The zero-order valence-electron chi connectivity index (χ0n) is 9.82. The first-order valence-electron chi connectivity index (χ1n) is 5.49. The second-order valence-electron chi connectivity index (χ2n) is 4.10. The molecule has 6 heteroatoms. The second-order valence-corrected chi connectivity index (χ2v) is 4.10. The van der Waals surface area contributed by atoms with Crippen LogP contribution in [0.2, 0.25) is 0 Å². The van der Waals surface area contributed by atoms with Crippen molar-refractivity contribution in [3.8, 4) is 0 Å². The second kappa shape index (κ2) is 4.79. The van der Waals surface area contributed by atoms with Crippen LogP contribution in [0.15, 0.2) is 47.4 Å². The first-order chi connectivity index (χ1) is 8.88. The Bertz CT molecular complexity index is 633. The van der Waals surface area contributed by atoms with Gasteiger partial charge in [-0.05, 0) is 11.6 Å². The summed E-state index contributed by atoms with van der Waals surface area (Å²) in [7, 11) is 0. The first-order valence-corrected chi connectivity index (χ1v) is 5.49. The standard InChI is InChI=1S/C13H11F3N2O/c14-13(15,16)10-6-11(17)12(19)18(8-10)7-9-4-2-1-3-5-9/h1-6,8H,7,17H2. The Morgan fingerprint density at radius 3 is 2.37 bits per heavy atom. The highest BCUT2D eigenvalue weighted by molar-refractivity contribution is 5.39. The molecule has 1 aromatic carbocycles. The number of nitrogens with zero attached hydrogens (tertiary/aromatic N) is 1. The van der Waals surface area contributed by atoms with Crippen molar-refractivity contribution in [2.45, 2.75) is 12.7 Å². The Labute approximate surface area is 107 Å². The molecular weight excluding hydrogens is 257 g/mol. The van der Waals surface area contributed by atoms with Crippen LogP contribution >= 0.6 is 0 Å². The van der Waals surface area contributed by atoms with E-state index in [1.807, 2.05) is 0 Å². The van der Waals surface area contributed by atoms with Gasteiger partial charge in [-0.1, -0.05) is 30.3 Å². The van der Waals surface area contributed by atoms with Gasteiger partial charge in [0.05, 0.1) is 17.8 Å². The zero-order chi connectivity index (χ0) is 14.0. The largest absolute Gasteiger partial charge is 0.417 e. The Kier molecular flexibility index (Phi) is 3.33. The fraction of sp³-hybridized carbons (Fsp3) is 0.154. The SMILES string of the molecule is Nc1cc(C(F)(F)F)cn(Cc2ccccc2)c1=O. The van der Waals surface area contributed by atoms with Crippen molar-refractivity contribution >= 4 is 5.69 Å². The molecule has 0 fully saturated rings. The summed E-state index contributed by atoms with van der Waals surface area (Å²) < 4.78 is 38.9. The third-order valence-electron chi connectivity index (χ3n) is 2.64. The van der Waals surface area contributed by atoms with E-state index in [2.05, 4.69) is 0 Å². The Hall–Kier alpha value is -2.24. The van der Waals surface area contributed by atoms with Crippen molar-refractivity contribution in [1.29, 1.82) is 0 Å². The van der Waals surface area contributed by atoms with E-state index >= 15 is 0 Å². The van der Waals surface area contributed by atoms with Crippen molar-refractivity contribution in [3.05, 3.63) is 64.1 Å². The van der Waals surface area contributed by atoms with Gasteiger partial charge in [-0.15, -0.1) is 0 Å². The van der Waals surface area contributed by atoms with Gasteiger partial charge in [-0.25, -0.2) is 0 Å². The summed E-state index contributed by atoms with van der Waals surface area (Å²) in [5.74, 6) is 0. The van der Waals surface area contributed by atoms with E-state index in [-0.39, 0.29) is 6.54 Å². The van der Waals surface area contributed by atoms with E-state index in [0.717, 1.165) is 16.3 Å². The first kappa shape index (κ1) is 13.2. The lowest BCUT2D eigenvalue weighted by molar-refractivity contribution is -0.138. The van der Waals surface area contributed by atoms with Crippen LogP contribution < -0.4 is 11.3 Å². The van der Waals surface area contributed by atoms with Crippen molar-refractivity contribution in [2.75, 3.05) is 5.73 Å². The van der Waals surface area contributed by atoms with Gasteiger partial charge >= 0.3 is 6.18 Å². The highest BCUT2D eigenvalue weighted by Gasteiger charge is 2.31. The van der Waals surface area contributed by atoms with E-state index in [0.29, 0.717) is 6.07 Å². The summed E-state index contributed by atoms with van der Waals surface area (Å²) in [6.45, 7) is 0.0494. The molecule has 3 nitrogen and oxygen atoms in total. The van der Waals surface area contributed by atoms with Gasteiger partial charge in [0.1, 0.15) is 0 Å². The number of rotatable bonds is 2. The van der Waals surface area contributed by atoms with Gasteiger partial charge in [0, 0.05) is 6.20 Å². The predicted octanol–water partition coefficient (Wildman–Crippen LogP) is 2.50. The van der Waals surface area contributed by atoms with Crippen LogP contribution in [-0.4, -0.2) is 4.57 Å². The number of halogens is 3. The molecule has 0 saturated carbocycles. The fourth-order valence-corrected chi connectivity index (χ4v) is 1.71. The lowest BCUT2D eigenvalue weighted by Crippen LogP contribution is -2.25. The number of aromatic nitrogens is 1. The number of pyridine rings is 1. The third-order valence-corrected chi connectivity index (χ3v) is 2.64. The van der Waals surface area contributed by atoms with Crippen LogP contribution in [0.4, 0.5) is 18.9 Å². The van der Waals surface area contributed by atoms with Crippen molar-refractivity contribution < 1.29 is 13.2 Å². The van der Waals surface area contributed by atoms with E-state index < -0.39 is 23.0 Å². The smallest absolute Gasteiger partial charge is 0.394 e. The summed E-state index contributed by atoms with van der Waals surface area (Å²) in [5, 5.41) is 0. The molecule has 0 bridgehead atoms. The summed E-state index contributed by atoms with van der Waals surface area (Å²) in [6.07, 6.45) is -3.74. The molecule has 0 aliphatic heterocycles. The van der Waals surface area contributed by atoms with Gasteiger partial charge in [-0.3, -0.25) is 4.79 Å². The van der Waals surface area contributed by atoms with E-state index in [1.165, 1.54) is 0 Å². The third kappa shape index (κ3) is 2.96. The molecule has 1 heterocycles. The van der Waals surface area contributed by atoms with Crippen LogP contribution in [0, 0.1) is 0 Å². The molecule has 2 N–H and O–H groups in total. The Balaban J connectivity index is 2.46. The number of hydrogen-bond donors (Lipinski definition) is 1. The maximum Gasteiger partial charge on any atom is 0.417 e. The zero-order valence-corrected chi connectivity index (χ0v) is 9.82. The van der Waals surface area contributed by atoms with Crippen LogP contribution in [0.1, 0.15) is 11.1 Å². The molecule has 2 rings (SSSR count). The minimum absolute atomic E-state index is 0.0494. The maximum atomic E-state index is 12.6. The summed E-state index contributed by atoms with van der Waals surface area (Å²) in [5.41, 5.74) is 4.09.